The fraction of sp³-hybridized carbons (Fsp3) is 0.571. The van der Waals surface area contributed by atoms with Crippen molar-refractivity contribution in [2.45, 2.75) is 19.5 Å². The van der Waals surface area contributed by atoms with Crippen LogP contribution in [0.5, 0.6) is 0 Å². The molecule has 0 radical (unpaired) electrons. The first kappa shape index (κ1) is 15.3. The van der Waals surface area contributed by atoms with Crippen LogP contribution < -0.4 is 5.56 Å². The van der Waals surface area contributed by atoms with E-state index in [2.05, 4.69) is 27.8 Å². The number of carbonyl (C=O) groups is 1. The Kier molecular flexibility index (Phi) is 4.65. The smallest absolute Gasteiger partial charge is 0.251 e. The molecule has 1 aromatic heterocycles. The van der Waals surface area contributed by atoms with Crippen molar-refractivity contribution in [3.05, 3.63) is 33.2 Å². The fourth-order valence-electron chi connectivity index (χ4n) is 2.70. The van der Waals surface area contributed by atoms with Gasteiger partial charge in [-0.2, -0.15) is 0 Å². The van der Waals surface area contributed by atoms with E-state index >= 15 is 0 Å². The maximum Gasteiger partial charge on any atom is 0.251 e. The first-order valence-corrected chi connectivity index (χ1v) is 7.48. The van der Waals surface area contributed by atoms with Gasteiger partial charge in [0.05, 0.1) is 0 Å². The number of hydrogen-bond donors (Lipinski definition) is 0. The molecule has 1 aliphatic rings. The average Bonchev–Trinajstić information content (AvgIpc) is 2.76. The van der Waals surface area contributed by atoms with E-state index in [1.165, 1.54) is 10.6 Å². The zero-order valence-corrected chi connectivity index (χ0v) is 13.6. The van der Waals surface area contributed by atoms with E-state index in [1.807, 2.05) is 19.0 Å². The van der Waals surface area contributed by atoms with Crippen LogP contribution in [0.1, 0.15) is 6.92 Å². The normalized spacial score (nSPS) is 22.6. The number of hydrogen-bond acceptors (Lipinski definition) is 3. The third-order valence-electron chi connectivity index (χ3n) is 3.84. The lowest BCUT2D eigenvalue weighted by Gasteiger charge is -2.22. The lowest BCUT2D eigenvalue weighted by molar-refractivity contribution is -0.131. The molecule has 0 aromatic carbocycles. The van der Waals surface area contributed by atoms with E-state index in [-0.39, 0.29) is 18.0 Å². The number of nitrogens with zero attached hydrogens (tertiary/aromatic N) is 3. The molecule has 1 saturated heterocycles. The molecule has 0 saturated carbocycles. The predicted molar refractivity (Wildman–Crippen MR) is 81.6 cm³/mol. The zero-order chi connectivity index (χ0) is 14.9. The van der Waals surface area contributed by atoms with Gasteiger partial charge in [0.2, 0.25) is 5.91 Å². The van der Waals surface area contributed by atoms with Gasteiger partial charge in [-0.15, -0.1) is 0 Å². The highest BCUT2D eigenvalue weighted by molar-refractivity contribution is 9.10. The maximum atomic E-state index is 12.3. The topological polar surface area (TPSA) is 45.6 Å². The van der Waals surface area contributed by atoms with Crippen LogP contribution in [0.2, 0.25) is 0 Å². The summed E-state index contributed by atoms with van der Waals surface area (Å²) in [6.07, 6.45) is 1.66. The molecular weight excluding hydrogens is 322 g/mol. The Balaban J connectivity index is 2.06. The lowest BCUT2D eigenvalue weighted by atomic mass is 10.1. The summed E-state index contributed by atoms with van der Waals surface area (Å²) < 4.78 is 2.24. The van der Waals surface area contributed by atoms with Gasteiger partial charge in [0.25, 0.3) is 5.56 Å². The summed E-state index contributed by atoms with van der Waals surface area (Å²) in [4.78, 5) is 28.1. The molecule has 0 aliphatic carbocycles. The molecule has 2 rings (SSSR count). The summed E-state index contributed by atoms with van der Waals surface area (Å²) in [7, 11) is 4.07. The molecule has 1 aliphatic heterocycles. The highest BCUT2D eigenvalue weighted by Gasteiger charge is 2.33. The van der Waals surface area contributed by atoms with E-state index in [0.29, 0.717) is 12.0 Å². The van der Waals surface area contributed by atoms with Crippen molar-refractivity contribution in [1.29, 1.82) is 0 Å². The van der Waals surface area contributed by atoms with E-state index in [9.17, 15) is 9.59 Å². The van der Waals surface area contributed by atoms with Crippen LogP contribution >= 0.6 is 15.9 Å². The summed E-state index contributed by atoms with van der Waals surface area (Å²) in [5, 5.41) is 0. The van der Waals surface area contributed by atoms with Gasteiger partial charge in [0, 0.05) is 35.9 Å². The van der Waals surface area contributed by atoms with E-state index in [1.54, 1.807) is 12.3 Å². The number of amides is 1. The molecule has 2 heterocycles. The van der Waals surface area contributed by atoms with Gasteiger partial charge in [-0.1, -0.05) is 6.92 Å². The van der Waals surface area contributed by atoms with Crippen LogP contribution in [0.25, 0.3) is 0 Å². The fourth-order valence-corrected chi connectivity index (χ4v) is 3.08. The van der Waals surface area contributed by atoms with Crippen molar-refractivity contribution >= 4 is 21.8 Å². The van der Waals surface area contributed by atoms with Gasteiger partial charge in [0.15, 0.2) is 0 Å². The SMILES string of the molecule is C[C@@H]1CN(C(=O)Cn2cc(Br)ccc2=O)C[C@@H]1N(C)C. The van der Waals surface area contributed by atoms with Gasteiger partial charge in [0.1, 0.15) is 6.54 Å². The quantitative estimate of drug-likeness (QED) is 0.824. The highest BCUT2D eigenvalue weighted by Crippen LogP contribution is 2.20. The third kappa shape index (κ3) is 3.30. The number of rotatable bonds is 3. The molecule has 1 fully saturated rings. The second-order valence-corrected chi connectivity index (χ2v) is 6.54. The molecule has 0 unspecified atom stereocenters. The second-order valence-electron chi connectivity index (χ2n) is 5.62. The zero-order valence-electron chi connectivity index (χ0n) is 12.0. The number of likely N-dealkylation sites (N-methyl/N-ethyl adjacent to an activating group) is 1. The van der Waals surface area contributed by atoms with Crippen LogP contribution in [-0.2, 0) is 11.3 Å². The summed E-state index contributed by atoms with van der Waals surface area (Å²) in [5.74, 6) is 0.453. The Labute approximate surface area is 127 Å². The van der Waals surface area contributed by atoms with Crippen LogP contribution in [0.3, 0.4) is 0 Å². The van der Waals surface area contributed by atoms with Crippen molar-refractivity contribution < 1.29 is 4.79 Å². The first-order valence-electron chi connectivity index (χ1n) is 6.68. The summed E-state index contributed by atoms with van der Waals surface area (Å²) in [6.45, 7) is 3.74. The Morgan fingerprint density at radius 1 is 1.40 bits per heavy atom. The summed E-state index contributed by atoms with van der Waals surface area (Å²) >= 11 is 3.32. The van der Waals surface area contributed by atoms with E-state index < -0.39 is 0 Å². The monoisotopic (exact) mass is 341 g/mol. The van der Waals surface area contributed by atoms with Crippen molar-refractivity contribution in [3.8, 4) is 0 Å². The molecular formula is C14H20BrN3O2. The van der Waals surface area contributed by atoms with Crippen LogP contribution in [-0.4, -0.2) is 53.5 Å². The molecule has 0 N–H and O–H groups in total. The second kappa shape index (κ2) is 6.10. The number of aromatic nitrogens is 1. The van der Waals surface area contributed by atoms with Crippen LogP contribution in [0.4, 0.5) is 0 Å². The minimum atomic E-state index is -0.155. The summed E-state index contributed by atoms with van der Waals surface area (Å²) in [5.41, 5.74) is -0.155. The Morgan fingerprint density at radius 3 is 2.70 bits per heavy atom. The molecule has 0 spiro atoms. The molecule has 1 amide bonds. The average molecular weight is 342 g/mol. The highest BCUT2D eigenvalue weighted by atomic mass is 79.9. The molecule has 2 atom stereocenters. The Hall–Kier alpha value is -1.14. The largest absolute Gasteiger partial charge is 0.339 e. The number of halogens is 1. The first-order chi connectivity index (χ1) is 9.38. The predicted octanol–water partition coefficient (Wildman–Crippen LogP) is 1.02. The molecule has 1 aromatic rings. The van der Waals surface area contributed by atoms with E-state index in [4.69, 9.17) is 0 Å². The Morgan fingerprint density at radius 2 is 2.10 bits per heavy atom. The molecule has 0 bridgehead atoms. The minimum Gasteiger partial charge on any atom is -0.339 e. The molecule has 20 heavy (non-hydrogen) atoms. The van der Waals surface area contributed by atoms with Gasteiger partial charge >= 0.3 is 0 Å². The minimum absolute atomic E-state index is 0.00130. The standard InChI is InChI=1S/C14H20BrN3O2/c1-10-6-17(8-12(10)16(2)3)14(20)9-18-7-11(15)4-5-13(18)19/h4-5,7,10,12H,6,8-9H2,1-3H3/t10-,12+/m1/s1. The molecule has 110 valence electrons. The number of carbonyl (C=O) groups excluding carboxylic acids is 1. The number of likely N-dealkylation sites (tertiary alicyclic amines) is 1. The van der Waals surface area contributed by atoms with Crippen molar-refractivity contribution in [3.63, 3.8) is 0 Å². The van der Waals surface area contributed by atoms with Crippen LogP contribution in [0, 0.1) is 5.92 Å². The molecule has 6 heteroatoms. The lowest BCUT2D eigenvalue weighted by Crippen LogP contribution is -2.38. The number of pyridine rings is 1. The van der Waals surface area contributed by atoms with Gasteiger partial charge in [-0.25, -0.2) is 0 Å². The third-order valence-corrected chi connectivity index (χ3v) is 4.31. The van der Waals surface area contributed by atoms with Crippen molar-refractivity contribution in [2.75, 3.05) is 27.2 Å². The van der Waals surface area contributed by atoms with Gasteiger partial charge < -0.3 is 14.4 Å². The van der Waals surface area contributed by atoms with Gasteiger partial charge in [-0.3, -0.25) is 9.59 Å². The van der Waals surface area contributed by atoms with Crippen molar-refractivity contribution in [1.82, 2.24) is 14.4 Å². The maximum absolute atomic E-state index is 12.3. The van der Waals surface area contributed by atoms with Gasteiger partial charge in [-0.05, 0) is 42.0 Å². The summed E-state index contributed by atoms with van der Waals surface area (Å²) in [6, 6.07) is 3.54. The Bertz CT molecular complexity index is 556. The van der Waals surface area contributed by atoms with E-state index in [0.717, 1.165) is 17.6 Å². The molecule has 5 nitrogen and oxygen atoms in total. The van der Waals surface area contributed by atoms with Crippen molar-refractivity contribution in [2.24, 2.45) is 5.92 Å². The van der Waals surface area contributed by atoms with Crippen LogP contribution in [0.15, 0.2) is 27.6 Å².